The van der Waals surface area contributed by atoms with Crippen LogP contribution >= 0.6 is 11.8 Å². The molecule has 1 atom stereocenters. The van der Waals surface area contributed by atoms with Crippen LogP contribution < -0.4 is 0 Å². The summed E-state index contributed by atoms with van der Waals surface area (Å²) in [7, 11) is 1.45. The van der Waals surface area contributed by atoms with Gasteiger partial charge in [-0.25, -0.2) is 0 Å². The van der Waals surface area contributed by atoms with Crippen LogP contribution in [0.2, 0.25) is 0 Å². The summed E-state index contributed by atoms with van der Waals surface area (Å²) in [4.78, 5) is 24.8. The summed E-state index contributed by atoms with van der Waals surface area (Å²) >= 11 is 1.85. The molecule has 4 nitrogen and oxygen atoms in total. The summed E-state index contributed by atoms with van der Waals surface area (Å²) in [5.74, 6) is 1.06. The Labute approximate surface area is 157 Å². The predicted octanol–water partition coefficient (Wildman–Crippen LogP) is 4.93. The summed E-state index contributed by atoms with van der Waals surface area (Å²) in [5.41, 5.74) is 0. The van der Waals surface area contributed by atoms with Gasteiger partial charge in [-0.05, 0) is 33.1 Å². The molecule has 1 heterocycles. The van der Waals surface area contributed by atoms with Crippen LogP contribution in [0, 0.1) is 0 Å². The van der Waals surface area contributed by atoms with E-state index in [1.54, 1.807) is 6.92 Å². The van der Waals surface area contributed by atoms with E-state index >= 15 is 0 Å². The molecule has 5 heteroatoms. The van der Waals surface area contributed by atoms with E-state index in [1.807, 2.05) is 16.7 Å². The zero-order valence-electron chi connectivity index (χ0n) is 16.4. The van der Waals surface area contributed by atoms with Crippen LogP contribution in [0.4, 0.5) is 0 Å². The predicted molar refractivity (Wildman–Crippen MR) is 106 cm³/mol. The number of hydrogen-bond donors (Lipinski definition) is 0. The maximum atomic E-state index is 11.9. The molecule has 1 amide bonds. The SMILES string of the molecule is COC(=O)CCCCCCCCCC=CC1CSC(C)(C)N1C(C)=O. The lowest BCUT2D eigenvalue weighted by Crippen LogP contribution is -2.44. The van der Waals surface area contributed by atoms with Gasteiger partial charge in [0, 0.05) is 19.1 Å². The van der Waals surface area contributed by atoms with Crippen molar-refractivity contribution in [1.82, 2.24) is 4.90 Å². The van der Waals surface area contributed by atoms with E-state index in [0.717, 1.165) is 25.0 Å². The Bertz CT molecular complexity index is 448. The smallest absolute Gasteiger partial charge is 0.305 e. The molecule has 0 aliphatic carbocycles. The van der Waals surface area contributed by atoms with E-state index in [4.69, 9.17) is 0 Å². The molecule has 0 aromatic carbocycles. The molecule has 1 rings (SSSR count). The molecule has 0 radical (unpaired) electrons. The first-order valence-electron chi connectivity index (χ1n) is 9.56. The van der Waals surface area contributed by atoms with Gasteiger partial charge < -0.3 is 9.64 Å². The van der Waals surface area contributed by atoms with Crippen molar-refractivity contribution in [2.24, 2.45) is 0 Å². The average molecular weight is 370 g/mol. The van der Waals surface area contributed by atoms with Crippen LogP contribution in [0.5, 0.6) is 0 Å². The fraction of sp³-hybridized carbons (Fsp3) is 0.800. The number of carbonyl (C=O) groups excluding carboxylic acids is 2. The number of amides is 1. The van der Waals surface area contributed by atoms with Crippen molar-refractivity contribution in [3.05, 3.63) is 12.2 Å². The number of allylic oxidation sites excluding steroid dienone is 1. The van der Waals surface area contributed by atoms with Crippen LogP contribution in [0.1, 0.15) is 78.6 Å². The van der Waals surface area contributed by atoms with E-state index in [0.29, 0.717) is 6.42 Å². The second-order valence-electron chi connectivity index (χ2n) is 7.23. The highest BCUT2D eigenvalue weighted by molar-refractivity contribution is 8.00. The van der Waals surface area contributed by atoms with Gasteiger partial charge in [0.1, 0.15) is 0 Å². The number of nitrogens with zero attached hydrogens (tertiary/aromatic N) is 1. The Balaban J connectivity index is 2.05. The summed E-state index contributed by atoms with van der Waals surface area (Å²) < 4.78 is 4.63. The lowest BCUT2D eigenvalue weighted by Gasteiger charge is -2.32. The Morgan fingerprint density at radius 2 is 1.72 bits per heavy atom. The molecule has 0 bridgehead atoms. The van der Waals surface area contributed by atoms with Crippen LogP contribution in [0.25, 0.3) is 0 Å². The van der Waals surface area contributed by atoms with Crippen molar-refractivity contribution >= 4 is 23.6 Å². The molecule has 1 aliphatic heterocycles. The molecule has 1 fully saturated rings. The van der Waals surface area contributed by atoms with Gasteiger partial charge in [-0.2, -0.15) is 0 Å². The Morgan fingerprint density at radius 1 is 1.12 bits per heavy atom. The van der Waals surface area contributed by atoms with Gasteiger partial charge in [0.15, 0.2) is 0 Å². The molecule has 0 saturated carbocycles. The Kier molecular flexibility index (Phi) is 10.2. The van der Waals surface area contributed by atoms with Gasteiger partial charge in [0.05, 0.1) is 18.0 Å². The largest absolute Gasteiger partial charge is 0.469 e. The van der Waals surface area contributed by atoms with Crippen LogP contribution in [-0.4, -0.2) is 40.6 Å². The minimum atomic E-state index is -0.0980. The second-order valence-corrected chi connectivity index (χ2v) is 8.85. The zero-order chi connectivity index (χ0) is 18.7. The number of rotatable bonds is 11. The van der Waals surface area contributed by atoms with E-state index in [1.165, 1.54) is 39.2 Å². The van der Waals surface area contributed by atoms with Crippen LogP contribution in [0.15, 0.2) is 12.2 Å². The Hall–Kier alpha value is -0.970. The van der Waals surface area contributed by atoms with E-state index in [-0.39, 0.29) is 22.8 Å². The lowest BCUT2D eigenvalue weighted by molar-refractivity contribution is -0.140. The van der Waals surface area contributed by atoms with Gasteiger partial charge in [-0.15, -0.1) is 11.8 Å². The van der Waals surface area contributed by atoms with Crippen molar-refractivity contribution in [2.45, 2.75) is 89.5 Å². The van der Waals surface area contributed by atoms with Gasteiger partial charge in [-0.3, -0.25) is 9.59 Å². The summed E-state index contributed by atoms with van der Waals surface area (Å²) in [5, 5.41) is 0. The minimum Gasteiger partial charge on any atom is -0.469 e. The van der Waals surface area contributed by atoms with Crippen LogP contribution in [-0.2, 0) is 14.3 Å². The average Bonchev–Trinajstić information content (AvgIpc) is 2.86. The third kappa shape index (κ3) is 8.30. The number of unbranched alkanes of at least 4 members (excludes halogenated alkanes) is 7. The molecule has 0 aromatic rings. The van der Waals surface area contributed by atoms with Gasteiger partial charge >= 0.3 is 5.97 Å². The topological polar surface area (TPSA) is 46.6 Å². The van der Waals surface area contributed by atoms with E-state index in [9.17, 15) is 9.59 Å². The molecule has 25 heavy (non-hydrogen) atoms. The maximum Gasteiger partial charge on any atom is 0.305 e. The highest BCUT2D eigenvalue weighted by atomic mass is 32.2. The number of esters is 1. The van der Waals surface area contributed by atoms with Gasteiger partial charge in [-0.1, -0.05) is 44.3 Å². The molecular weight excluding hydrogens is 334 g/mol. The molecule has 0 spiro atoms. The van der Waals surface area contributed by atoms with Crippen molar-refractivity contribution in [3.63, 3.8) is 0 Å². The van der Waals surface area contributed by atoms with Gasteiger partial charge in [0.2, 0.25) is 5.91 Å². The minimum absolute atomic E-state index is 0.0886. The molecule has 1 aliphatic rings. The summed E-state index contributed by atoms with van der Waals surface area (Å²) in [6.07, 6.45) is 14.3. The van der Waals surface area contributed by atoms with E-state index in [2.05, 4.69) is 30.7 Å². The number of hydrogen-bond acceptors (Lipinski definition) is 4. The lowest BCUT2D eigenvalue weighted by atomic mass is 10.1. The highest BCUT2D eigenvalue weighted by Crippen LogP contribution is 2.39. The quantitative estimate of drug-likeness (QED) is 0.294. The summed E-state index contributed by atoms with van der Waals surface area (Å²) in [6, 6.07) is 0.243. The van der Waals surface area contributed by atoms with Crippen molar-refractivity contribution in [1.29, 1.82) is 0 Å². The summed E-state index contributed by atoms with van der Waals surface area (Å²) in [6.45, 7) is 5.91. The number of carbonyl (C=O) groups is 2. The first-order chi connectivity index (χ1) is 11.9. The maximum absolute atomic E-state index is 11.9. The molecule has 1 unspecified atom stereocenters. The first-order valence-corrected chi connectivity index (χ1v) is 10.5. The fourth-order valence-corrected chi connectivity index (χ4v) is 4.60. The highest BCUT2D eigenvalue weighted by Gasteiger charge is 2.40. The van der Waals surface area contributed by atoms with Crippen molar-refractivity contribution < 1.29 is 14.3 Å². The Morgan fingerprint density at radius 3 is 2.32 bits per heavy atom. The molecule has 0 N–H and O–H groups in total. The van der Waals surface area contributed by atoms with Crippen molar-refractivity contribution in [3.8, 4) is 0 Å². The third-order valence-corrected chi connectivity index (χ3v) is 6.11. The van der Waals surface area contributed by atoms with Crippen LogP contribution in [0.3, 0.4) is 0 Å². The number of methoxy groups -OCH3 is 1. The first kappa shape index (κ1) is 22.1. The molecule has 144 valence electrons. The number of thioether (sulfide) groups is 1. The van der Waals surface area contributed by atoms with Gasteiger partial charge in [0.25, 0.3) is 0 Å². The third-order valence-electron chi connectivity index (χ3n) is 4.70. The monoisotopic (exact) mass is 369 g/mol. The zero-order valence-corrected chi connectivity index (χ0v) is 17.2. The van der Waals surface area contributed by atoms with E-state index < -0.39 is 0 Å². The molecule has 1 saturated heterocycles. The van der Waals surface area contributed by atoms with Crippen molar-refractivity contribution in [2.75, 3.05) is 12.9 Å². The second kappa shape index (κ2) is 11.6. The normalized spacial score (nSPS) is 19.5. The molecular formula is C20H35NO3S. The fourth-order valence-electron chi connectivity index (χ4n) is 3.36. The number of ether oxygens (including phenoxy) is 1. The molecule has 0 aromatic heterocycles. The standard InChI is InChI=1S/C20H35NO3S/c1-17(22)21-18(16-25-20(21,2)3)14-12-10-8-6-5-7-9-11-13-15-19(23)24-4/h12,14,18H,5-11,13,15-16H2,1-4H3.